The van der Waals surface area contributed by atoms with E-state index in [-0.39, 0.29) is 17.7 Å². The minimum absolute atomic E-state index is 0.0713. The Labute approximate surface area is 161 Å². The smallest absolute Gasteiger partial charge is 0.287 e. The lowest BCUT2D eigenvalue weighted by atomic mass is 10.1. The quantitative estimate of drug-likeness (QED) is 0.436. The van der Waals surface area contributed by atoms with Crippen molar-refractivity contribution in [3.05, 3.63) is 63.7 Å². The van der Waals surface area contributed by atoms with E-state index in [0.717, 1.165) is 22.0 Å². The van der Waals surface area contributed by atoms with E-state index in [2.05, 4.69) is 55.1 Å². The summed E-state index contributed by atoms with van der Waals surface area (Å²) in [5.41, 5.74) is 2.21. The molecular weight excluding hydrogens is 410 g/mol. The summed E-state index contributed by atoms with van der Waals surface area (Å²) in [6.07, 6.45) is 1.74. The van der Waals surface area contributed by atoms with Crippen LogP contribution < -0.4 is 5.56 Å². The molecule has 0 amide bonds. The number of fused-ring (bicyclic) bond motifs is 3. The van der Waals surface area contributed by atoms with E-state index >= 15 is 0 Å². The number of benzene rings is 2. The van der Waals surface area contributed by atoms with Gasteiger partial charge in [-0.2, -0.15) is 4.98 Å². The minimum atomic E-state index is -0.254. The summed E-state index contributed by atoms with van der Waals surface area (Å²) in [7, 11) is 0. The third kappa shape index (κ3) is 2.48. The average molecular weight is 424 g/mol. The van der Waals surface area contributed by atoms with Crippen LogP contribution in [0.25, 0.3) is 39.0 Å². The SMILES string of the molecule is O=c1c2nc(Br)n(CCO)c2nc2[nH]c(-c3ccc4ccccc4c3)cn12. The lowest BCUT2D eigenvalue weighted by molar-refractivity contribution is 0.276. The summed E-state index contributed by atoms with van der Waals surface area (Å²) in [6, 6.07) is 14.3. The molecule has 0 spiro atoms. The number of aliphatic hydroxyl groups excluding tert-OH is 1. The van der Waals surface area contributed by atoms with Crippen molar-refractivity contribution in [2.24, 2.45) is 0 Å². The number of nitrogens with zero attached hydrogens (tertiary/aromatic N) is 4. The highest BCUT2D eigenvalue weighted by Crippen LogP contribution is 2.24. The van der Waals surface area contributed by atoms with E-state index in [1.54, 1.807) is 10.8 Å². The molecule has 0 saturated carbocycles. The molecule has 0 atom stereocenters. The van der Waals surface area contributed by atoms with Gasteiger partial charge in [0.2, 0.25) is 5.78 Å². The summed E-state index contributed by atoms with van der Waals surface area (Å²) >= 11 is 3.32. The monoisotopic (exact) mass is 423 g/mol. The normalized spacial score (nSPS) is 11.8. The minimum Gasteiger partial charge on any atom is -0.395 e. The Balaban J connectivity index is 1.73. The van der Waals surface area contributed by atoms with Crippen LogP contribution in [0.1, 0.15) is 0 Å². The van der Waals surface area contributed by atoms with Crippen molar-refractivity contribution in [2.45, 2.75) is 6.54 Å². The molecule has 134 valence electrons. The molecule has 0 bridgehead atoms. The van der Waals surface area contributed by atoms with Gasteiger partial charge in [0.05, 0.1) is 12.3 Å². The van der Waals surface area contributed by atoms with Gasteiger partial charge in [0.25, 0.3) is 5.56 Å². The fourth-order valence-electron chi connectivity index (χ4n) is 3.33. The highest BCUT2D eigenvalue weighted by Gasteiger charge is 2.17. The van der Waals surface area contributed by atoms with E-state index in [1.165, 1.54) is 4.40 Å². The Morgan fingerprint density at radius 1 is 1.11 bits per heavy atom. The molecule has 0 aliphatic rings. The van der Waals surface area contributed by atoms with Crippen LogP contribution in [0, 0.1) is 0 Å². The number of hydrogen-bond acceptors (Lipinski definition) is 4. The van der Waals surface area contributed by atoms with Gasteiger partial charge < -0.3 is 14.7 Å². The number of rotatable bonds is 3. The van der Waals surface area contributed by atoms with Gasteiger partial charge in [0.15, 0.2) is 15.9 Å². The molecule has 0 aliphatic heterocycles. The summed E-state index contributed by atoms with van der Waals surface area (Å²) in [6.45, 7) is 0.232. The molecule has 2 aromatic carbocycles. The summed E-state index contributed by atoms with van der Waals surface area (Å²) in [5.74, 6) is 0.433. The number of halogens is 1. The molecule has 3 aromatic heterocycles. The zero-order chi connectivity index (χ0) is 18.5. The summed E-state index contributed by atoms with van der Waals surface area (Å²) in [4.78, 5) is 24.9. The average Bonchev–Trinajstić information content (AvgIpc) is 3.25. The van der Waals surface area contributed by atoms with Crippen LogP contribution in [0.3, 0.4) is 0 Å². The lowest BCUT2D eigenvalue weighted by Gasteiger charge is -2.01. The van der Waals surface area contributed by atoms with Gasteiger partial charge in [0.1, 0.15) is 0 Å². The topological polar surface area (TPSA) is 88.2 Å². The Morgan fingerprint density at radius 2 is 1.93 bits per heavy atom. The van der Waals surface area contributed by atoms with Gasteiger partial charge in [-0.25, -0.2) is 9.38 Å². The highest BCUT2D eigenvalue weighted by atomic mass is 79.9. The molecule has 5 rings (SSSR count). The molecular formula is C19H14BrN5O2. The number of aromatic nitrogens is 5. The molecule has 0 radical (unpaired) electrons. The van der Waals surface area contributed by atoms with E-state index in [4.69, 9.17) is 0 Å². The molecule has 8 heteroatoms. The van der Waals surface area contributed by atoms with Crippen LogP contribution in [0.15, 0.2) is 58.2 Å². The van der Waals surface area contributed by atoms with Crippen LogP contribution >= 0.6 is 15.9 Å². The number of aromatic amines is 1. The Bertz CT molecular complexity index is 1380. The fourth-order valence-corrected chi connectivity index (χ4v) is 3.85. The Hall–Kier alpha value is -2.97. The van der Waals surface area contributed by atoms with E-state index in [0.29, 0.717) is 22.7 Å². The molecule has 0 unspecified atom stereocenters. The molecule has 7 nitrogen and oxygen atoms in total. The fraction of sp³-hybridized carbons (Fsp3) is 0.105. The number of nitrogens with one attached hydrogen (secondary N) is 1. The first kappa shape index (κ1) is 16.2. The zero-order valence-electron chi connectivity index (χ0n) is 14.1. The van der Waals surface area contributed by atoms with Gasteiger partial charge in [0, 0.05) is 18.3 Å². The Kier molecular flexibility index (Phi) is 3.63. The van der Waals surface area contributed by atoms with Crippen molar-refractivity contribution in [1.29, 1.82) is 0 Å². The summed E-state index contributed by atoms with van der Waals surface area (Å²) in [5, 5.41) is 11.5. The number of imidazole rings is 2. The van der Waals surface area contributed by atoms with Crippen LogP contribution in [0.2, 0.25) is 0 Å². The highest BCUT2D eigenvalue weighted by molar-refractivity contribution is 9.10. The standard InChI is InChI=1S/C19H14BrN5O2/c20-18-22-15-16(24(18)7-8-26)23-19-21-14(10-25(19)17(15)27)13-6-5-11-3-1-2-4-12(11)9-13/h1-6,9-10,26H,7-8H2,(H,21,23). The van der Waals surface area contributed by atoms with Gasteiger partial charge in [-0.15, -0.1) is 0 Å². The molecule has 3 heterocycles. The molecule has 0 aliphatic carbocycles. The first-order valence-corrected chi connectivity index (χ1v) is 9.22. The second kappa shape index (κ2) is 6.04. The second-order valence-electron chi connectivity index (χ2n) is 6.27. The summed E-state index contributed by atoms with van der Waals surface area (Å²) < 4.78 is 3.61. The van der Waals surface area contributed by atoms with Gasteiger partial charge in [-0.1, -0.05) is 36.4 Å². The third-order valence-electron chi connectivity index (χ3n) is 4.64. The van der Waals surface area contributed by atoms with Crippen molar-refractivity contribution in [2.75, 3.05) is 6.61 Å². The van der Waals surface area contributed by atoms with E-state index < -0.39 is 0 Å². The van der Waals surface area contributed by atoms with Crippen LogP contribution in [0.5, 0.6) is 0 Å². The van der Waals surface area contributed by atoms with E-state index in [9.17, 15) is 9.90 Å². The van der Waals surface area contributed by atoms with Gasteiger partial charge in [-0.05, 0) is 32.8 Å². The van der Waals surface area contributed by atoms with Crippen LogP contribution in [-0.4, -0.2) is 35.6 Å². The van der Waals surface area contributed by atoms with Crippen molar-refractivity contribution in [1.82, 2.24) is 23.9 Å². The molecule has 0 fully saturated rings. The van der Waals surface area contributed by atoms with Crippen LogP contribution in [-0.2, 0) is 6.54 Å². The van der Waals surface area contributed by atoms with Gasteiger partial charge in [-0.3, -0.25) is 4.79 Å². The molecule has 2 N–H and O–H groups in total. The molecule has 5 aromatic rings. The van der Waals surface area contributed by atoms with Crippen LogP contribution in [0.4, 0.5) is 0 Å². The maximum absolute atomic E-state index is 12.9. The number of hydrogen-bond donors (Lipinski definition) is 2. The van der Waals surface area contributed by atoms with Gasteiger partial charge >= 0.3 is 0 Å². The van der Waals surface area contributed by atoms with Crippen molar-refractivity contribution in [3.8, 4) is 11.3 Å². The third-order valence-corrected chi connectivity index (χ3v) is 5.25. The first-order valence-electron chi connectivity index (χ1n) is 8.43. The number of H-pyrrole nitrogens is 1. The Morgan fingerprint density at radius 3 is 2.74 bits per heavy atom. The second-order valence-corrected chi connectivity index (χ2v) is 6.98. The maximum atomic E-state index is 12.9. The molecule has 27 heavy (non-hydrogen) atoms. The van der Waals surface area contributed by atoms with E-state index in [1.807, 2.05) is 18.2 Å². The first-order chi connectivity index (χ1) is 13.2. The maximum Gasteiger partial charge on any atom is 0.287 e. The molecule has 0 saturated heterocycles. The lowest BCUT2D eigenvalue weighted by Crippen LogP contribution is -2.14. The van der Waals surface area contributed by atoms with Crippen molar-refractivity contribution < 1.29 is 5.11 Å². The van der Waals surface area contributed by atoms with Crippen molar-refractivity contribution >= 4 is 43.6 Å². The predicted octanol–water partition coefficient (Wildman–Crippen LogP) is 2.95. The number of aliphatic hydroxyl groups is 1. The largest absolute Gasteiger partial charge is 0.395 e. The van der Waals surface area contributed by atoms with Crippen molar-refractivity contribution in [3.63, 3.8) is 0 Å². The predicted molar refractivity (Wildman–Crippen MR) is 107 cm³/mol. The zero-order valence-corrected chi connectivity index (χ0v) is 15.6.